The van der Waals surface area contributed by atoms with Crippen LogP contribution in [0.25, 0.3) is 0 Å². The van der Waals surface area contributed by atoms with Crippen LogP contribution in [0, 0.1) is 17.3 Å². The molecule has 0 radical (unpaired) electrons. The second-order valence-corrected chi connectivity index (χ2v) is 11.6. The van der Waals surface area contributed by atoms with Gasteiger partial charge in [0.15, 0.2) is 0 Å². The Bertz CT molecular complexity index is 584. The highest BCUT2D eigenvalue weighted by atomic mass is 15.4. The number of aryl methyl sites for hydroxylation is 1. The fourth-order valence-electron chi connectivity index (χ4n) is 5.90. The van der Waals surface area contributed by atoms with Crippen LogP contribution < -0.4 is 0 Å². The van der Waals surface area contributed by atoms with E-state index in [4.69, 9.17) is 0 Å². The van der Waals surface area contributed by atoms with Gasteiger partial charge in [-0.05, 0) is 60.5 Å². The molecular weight excluding hydrogens is 338 g/mol. The molecule has 1 aromatic carbocycles. The maximum atomic E-state index is 2.42. The maximum Gasteiger partial charge on any atom is 0.0819 e. The van der Waals surface area contributed by atoms with Crippen molar-refractivity contribution in [2.24, 2.45) is 17.3 Å². The Balaban J connectivity index is 1.38. The summed E-state index contributed by atoms with van der Waals surface area (Å²) in [7, 11) is 0. The number of benzene rings is 1. The van der Waals surface area contributed by atoms with Crippen molar-refractivity contribution >= 4 is 0 Å². The van der Waals surface area contributed by atoms with Gasteiger partial charge in [-0.2, -0.15) is 0 Å². The number of rotatable bonds is 10. The molecule has 2 bridgehead atoms. The van der Waals surface area contributed by atoms with Crippen LogP contribution in [0.5, 0.6) is 0 Å². The first-order valence-electron chi connectivity index (χ1n) is 12.2. The van der Waals surface area contributed by atoms with Crippen molar-refractivity contribution in [3.63, 3.8) is 0 Å². The molecule has 1 heteroatoms. The predicted octanol–water partition coefficient (Wildman–Crippen LogP) is 7.21. The van der Waals surface area contributed by atoms with Gasteiger partial charge >= 0.3 is 0 Å². The number of unbranched alkanes of at least 4 members (excludes halogenated alkanes) is 3. The van der Waals surface area contributed by atoms with Crippen LogP contribution in [0.2, 0.25) is 0 Å². The third-order valence-corrected chi connectivity index (χ3v) is 7.65. The van der Waals surface area contributed by atoms with Crippen LogP contribution in [0.1, 0.15) is 96.6 Å². The standard InChI is InChI=1S/C27H46N/c1-22(2)20-26(27(3,4)5)25-13-11-23(12-14-25)10-8-6-7-9-17-28-18-15-24(21-28)16-19-28/h11-14,22,24,26H,6-10,15-21H2,1-5H3/q+1. The van der Waals surface area contributed by atoms with Crippen molar-refractivity contribution in [3.8, 4) is 0 Å². The fourth-order valence-corrected chi connectivity index (χ4v) is 5.90. The second-order valence-electron chi connectivity index (χ2n) is 11.6. The number of quaternary nitrogens is 1. The Morgan fingerprint density at radius 1 is 0.929 bits per heavy atom. The molecule has 0 amide bonds. The van der Waals surface area contributed by atoms with Crippen molar-refractivity contribution < 1.29 is 4.48 Å². The number of fused-ring (bicyclic) bond motifs is 2. The molecule has 2 aliphatic rings. The van der Waals surface area contributed by atoms with E-state index in [9.17, 15) is 0 Å². The summed E-state index contributed by atoms with van der Waals surface area (Å²) in [6.45, 7) is 17.8. The molecule has 0 saturated carbocycles. The summed E-state index contributed by atoms with van der Waals surface area (Å²) >= 11 is 0. The van der Waals surface area contributed by atoms with Gasteiger partial charge in [-0.1, -0.05) is 65.3 Å². The lowest BCUT2D eigenvalue weighted by molar-refractivity contribution is -0.909. The molecule has 1 nitrogen and oxygen atoms in total. The minimum atomic E-state index is 0.336. The third-order valence-electron chi connectivity index (χ3n) is 7.65. The zero-order chi connectivity index (χ0) is 20.2. The van der Waals surface area contributed by atoms with E-state index in [1.807, 2.05) is 0 Å². The molecule has 1 unspecified atom stereocenters. The molecule has 2 aliphatic heterocycles. The molecule has 0 aromatic heterocycles. The zero-order valence-electron chi connectivity index (χ0n) is 19.5. The average molecular weight is 385 g/mol. The summed E-state index contributed by atoms with van der Waals surface area (Å²) in [6.07, 6.45) is 11.2. The molecule has 28 heavy (non-hydrogen) atoms. The lowest BCUT2D eigenvalue weighted by atomic mass is 9.72. The van der Waals surface area contributed by atoms with E-state index in [-0.39, 0.29) is 0 Å². The molecule has 0 N–H and O–H groups in total. The summed E-state index contributed by atoms with van der Waals surface area (Å²) < 4.78 is 1.48. The van der Waals surface area contributed by atoms with E-state index in [1.165, 1.54) is 93.2 Å². The third kappa shape index (κ3) is 5.85. The summed E-state index contributed by atoms with van der Waals surface area (Å²) in [5.41, 5.74) is 3.40. The highest BCUT2D eigenvalue weighted by Gasteiger charge is 2.43. The Morgan fingerprint density at radius 2 is 1.57 bits per heavy atom. The van der Waals surface area contributed by atoms with Gasteiger partial charge in [0.2, 0.25) is 0 Å². The molecule has 158 valence electrons. The van der Waals surface area contributed by atoms with Crippen molar-refractivity contribution in [2.75, 3.05) is 26.2 Å². The van der Waals surface area contributed by atoms with E-state index in [0.29, 0.717) is 11.3 Å². The lowest BCUT2D eigenvalue weighted by Crippen LogP contribution is -2.44. The Morgan fingerprint density at radius 3 is 2.11 bits per heavy atom. The molecular formula is C27H46N+. The molecule has 0 spiro atoms. The second kappa shape index (κ2) is 9.33. The smallest absolute Gasteiger partial charge is 0.0819 e. The van der Waals surface area contributed by atoms with Crippen molar-refractivity contribution in [1.29, 1.82) is 0 Å². The number of nitrogens with zero attached hydrogens (tertiary/aromatic N) is 1. The first-order chi connectivity index (χ1) is 13.3. The minimum Gasteiger partial charge on any atom is -0.323 e. The van der Waals surface area contributed by atoms with Crippen LogP contribution in [-0.4, -0.2) is 30.7 Å². The number of hydrogen-bond acceptors (Lipinski definition) is 0. The fraction of sp³-hybridized carbons (Fsp3) is 0.778. The number of piperidine rings is 1. The molecule has 2 heterocycles. The van der Waals surface area contributed by atoms with Crippen LogP contribution in [0.4, 0.5) is 0 Å². The monoisotopic (exact) mass is 384 g/mol. The van der Waals surface area contributed by atoms with Gasteiger partial charge in [0.05, 0.1) is 26.2 Å². The highest BCUT2D eigenvalue weighted by Crippen LogP contribution is 2.40. The summed E-state index contributed by atoms with van der Waals surface area (Å²) in [5.74, 6) is 2.49. The predicted molar refractivity (Wildman–Crippen MR) is 123 cm³/mol. The van der Waals surface area contributed by atoms with Gasteiger partial charge in [-0.15, -0.1) is 0 Å². The van der Waals surface area contributed by atoms with Crippen molar-refractivity contribution in [1.82, 2.24) is 0 Å². The summed E-state index contributed by atoms with van der Waals surface area (Å²) in [4.78, 5) is 0. The van der Waals surface area contributed by atoms with Crippen molar-refractivity contribution in [3.05, 3.63) is 35.4 Å². The summed E-state index contributed by atoms with van der Waals surface area (Å²) in [6, 6.07) is 9.64. The SMILES string of the molecule is CC(C)CC(c1ccc(CCCCCC[N+]23CCC(CC2)C3)cc1)C(C)(C)C. The molecule has 3 rings (SSSR count). The van der Waals surface area contributed by atoms with Gasteiger partial charge in [-0.25, -0.2) is 0 Å². The number of hydrogen-bond donors (Lipinski definition) is 0. The average Bonchev–Trinajstić information content (AvgIpc) is 3.23. The van der Waals surface area contributed by atoms with E-state index < -0.39 is 0 Å². The molecule has 2 fully saturated rings. The largest absolute Gasteiger partial charge is 0.323 e. The lowest BCUT2D eigenvalue weighted by Gasteiger charge is -2.32. The minimum absolute atomic E-state index is 0.336. The van der Waals surface area contributed by atoms with Crippen LogP contribution >= 0.6 is 0 Å². The van der Waals surface area contributed by atoms with Crippen LogP contribution in [0.3, 0.4) is 0 Å². The first kappa shape index (κ1) is 21.9. The van der Waals surface area contributed by atoms with E-state index >= 15 is 0 Å². The normalized spacial score (nSPS) is 25.6. The molecule has 0 aliphatic carbocycles. The Kier molecular flexibility index (Phi) is 7.29. The Hall–Kier alpha value is -0.820. The molecule has 2 saturated heterocycles. The quantitative estimate of drug-likeness (QED) is 0.295. The Labute approximate surface area is 175 Å². The molecule has 1 atom stereocenters. The topological polar surface area (TPSA) is 0 Å². The van der Waals surface area contributed by atoms with E-state index in [1.54, 1.807) is 0 Å². The zero-order valence-corrected chi connectivity index (χ0v) is 19.5. The van der Waals surface area contributed by atoms with Gasteiger partial charge in [-0.3, -0.25) is 0 Å². The van der Waals surface area contributed by atoms with Crippen LogP contribution in [-0.2, 0) is 6.42 Å². The highest BCUT2D eigenvalue weighted by molar-refractivity contribution is 5.27. The molecule has 1 aromatic rings. The van der Waals surface area contributed by atoms with Gasteiger partial charge in [0.25, 0.3) is 0 Å². The maximum absolute atomic E-state index is 2.42. The van der Waals surface area contributed by atoms with Gasteiger partial charge in [0, 0.05) is 18.8 Å². The van der Waals surface area contributed by atoms with E-state index in [0.717, 1.165) is 11.8 Å². The van der Waals surface area contributed by atoms with E-state index in [2.05, 4.69) is 58.9 Å². The van der Waals surface area contributed by atoms with Crippen molar-refractivity contribution in [2.45, 2.75) is 91.9 Å². The first-order valence-corrected chi connectivity index (χ1v) is 12.2. The van der Waals surface area contributed by atoms with Crippen LogP contribution in [0.15, 0.2) is 24.3 Å². The van der Waals surface area contributed by atoms with Gasteiger partial charge < -0.3 is 4.48 Å². The van der Waals surface area contributed by atoms with Gasteiger partial charge in [0.1, 0.15) is 0 Å². The summed E-state index contributed by atoms with van der Waals surface area (Å²) in [5, 5.41) is 0.